The van der Waals surface area contributed by atoms with E-state index >= 15 is 0 Å². The first-order valence-corrected chi connectivity index (χ1v) is 11.5. The Bertz CT molecular complexity index is 1250. The van der Waals surface area contributed by atoms with Gasteiger partial charge in [0.2, 0.25) is 0 Å². The summed E-state index contributed by atoms with van der Waals surface area (Å²) >= 11 is 7.86. The summed E-state index contributed by atoms with van der Waals surface area (Å²) in [6, 6.07) is 14.6. The third-order valence-corrected chi connectivity index (χ3v) is 5.87. The molecule has 0 radical (unpaired) electrons. The number of thioether (sulfide) groups is 1. The number of imidazole rings is 1. The van der Waals surface area contributed by atoms with Crippen molar-refractivity contribution in [3.63, 3.8) is 0 Å². The maximum absolute atomic E-state index is 12.9. The first kappa shape index (κ1) is 21.9. The van der Waals surface area contributed by atoms with Crippen LogP contribution >= 0.6 is 23.4 Å². The van der Waals surface area contributed by atoms with Crippen molar-refractivity contribution in [1.82, 2.24) is 15.3 Å². The fraction of sp³-hybridized carbons (Fsp3) is 0.182. The second-order valence-corrected chi connectivity index (χ2v) is 8.42. The molecule has 0 aliphatic heterocycles. The molecular formula is C22H19ClN4O4S. The van der Waals surface area contributed by atoms with Crippen LogP contribution in [-0.4, -0.2) is 32.8 Å². The zero-order valence-corrected chi connectivity index (χ0v) is 18.6. The molecule has 8 nitrogen and oxygen atoms in total. The third-order valence-electron chi connectivity index (χ3n) is 4.91. The molecular weight excluding hydrogens is 452 g/mol. The number of benzene rings is 2. The summed E-state index contributed by atoms with van der Waals surface area (Å²) in [5.41, 5.74) is 2.08. The number of fused-ring (bicyclic) bond motifs is 1. The smallest absolute Gasteiger partial charge is 0.287 e. The topological polar surface area (TPSA) is 114 Å². The van der Waals surface area contributed by atoms with E-state index in [4.69, 9.17) is 16.0 Å². The number of para-hydroxylation sites is 2. The normalized spacial score (nSPS) is 12.1. The Hall–Kier alpha value is -3.30. The Labute approximate surface area is 192 Å². The maximum atomic E-state index is 12.9. The van der Waals surface area contributed by atoms with Gasteiger partial charge in [0.15, 0.2) is 5.76 Å². The zero-order valence-electron chi connectivity index (χ0n) is 17.0. The second-order valence-electron chi connectivity index (χ2n) is 7.03. The summed E-state index contributed by atoms with van der Waals surface area (Å²) < 4.78 is 5.71. The summed E-state index contributed by atoms with van der Waals surface area (Å²) in [5.74, 6) is 1.59. The number of rotatable bonds is 8. The first-order chi connectivity index (χ1) is 15.5. The summed E-state index contributed by atoms with van der Waals surface area (Å²) in [5, 5.41) is 14.1. The molecule has 4 aromatic rings. The Kier molecular flexibility index (Phi) is 6.48. The lowest BCUT2D eigenvalue weighted by Crippen LogP contribution is -2.29. The minimum atomic E-state index is -0.524. The van der Waals surface area contributed by atoms with E-state index in [1.807, 2.05) is 30.5 Å². The molecule has 2 aromatic carbocycles. The highest BCUT2D eigenvalue weighted by Crippen LogP contribution is 2.32. The van der Waals surface area contributed by atoms with Gasteiger partial charge in [-0.15, -0.1) is 0 Å². The molecule has 0 fully saturated rings. The van der Waals surface area contributed by atoms with Crippen LogP contribution in [0.5, 0.6) is 0 Å². The lowest BCUT2D eigenvalue weighted by atomic mass is 10.1. The van der Waals surface area contributed by atoms with Crippen molar-refractivity contribution in [3.05, 3.63) is 81.3 Å². The van der Waals surface area contributed by atoms with Gasteiger partial charge < -0.3 is 14.7 Å². The summed E-state index contributed by atoms with van der Waals surface area (Å²) in [6.07, 6.45) is 2.69. The van der Waals surface area contributed by atoms with E-state index < -0.39 is 4.92 Å². The predicted octanol–water partition coefficient (Wildman–Crippen LogP) is 5.61. The molecule has 2 aromatic heterocycles. The molecule has 164 valence electrons. The van der Waals surface area contributed by atoms with E-state index in [9.17, 15) is 14.9 Å². The molecule has 0 aliphatic carbocycles. The van der Waals surface area contributed by atoms with Gasteiger partial charge in [-0.3, -0.25) is 14.9 Å². The monoisotopic (exact) mass is 470 g/mol. The molecule has 0 unspecified atom stereocenters. The van der Waals surface area contributed by atoms with Crippen LogP contribution in [0.25, 0.3) is 22.4 Å². The minimum Gasteiger partial charge on any atom is -0.451 e. The van der Waals surface area contributed by atoms with E-state index in [0.717, 1.165) is 16.8 Å². The van der Waals surface area contributed by atoms with Gasteiger partial charge in [0.1, 0.15) is 11.6 Å². The number of aromatic nitrogens is 2. The van der Waals surface area contributed by atoms with Crippen LogP contribution in [0.4, 0.5) is 5.69 Å². The van der Waals surface area contributed by atoms with E-state index in [2.05, 4.69) is 15.3 Å². The van der Waals surface area contributed by atoms with E-state index in [1.165, 1.54) is 18.2 Å². The molecule has 32 heavy (non-hydrogen) atoms. The van der Waals surface area contributed by atoms with Gasteiger partial charge in [-0.25, -0.2) is 4.98 Å². The van der Waals surface area contributed by atoms with Crippen molar-refractivity contribution in [1.29, 1.82) is 0 Å². The van der Waals surface area contributed by atoms with Crippen molar-refractivity contribution >= 4 is 46.0 Å². The molecule has 2 N–H and O–H groups in total. The maximum Gasteiger partial charge on any atom is 0.287 e. The number of nitrogens with zero attached hydrogens (tertiary/aromatic N) is 2. The number of aromatic amines is 1. The van der Waals surface area contributed by atoms with Gasteiger partial charge >= 0.3 is 0 Å². The van der Waals surface area contributed by atoms with Crippen molar-refractivity contribution in [2.45, 2.75) is 12.5 Å². The van der Waals surface area contributed by atoms with Gasteiger partial charge in [0.25, 0.3) is 11.6 Å². The number of halogens is 1. The standard InChI is InChI=1S/C22H19ClN4O4S/c1-32-11-10-18(21-24-16-4-2-3-5-17(16)25-21)26-22(28)20-9-8-19(31-20)14-7-6-13(27(29)30)12-15(14)23/h2-9,12,18H,10-11H2,1H3,(H,24,25)(H,26,28)/t18-/m0/s1. The SMILES string of the molecule is CSCC[C@H](NC(=O)c1ccc(-c2ccc([N+](=O)[O-])cc2Cl)o1)c1nc2ccccc2[nH]1. The lowest BCUT2D eigenvalue weighted by molar-refractivity contribution is -0.384. The molecule has 4 rings (SSSR count). The van der Waals surface area contributed by atoms with E-state index in [0.29, 0.717) is 23.6 Å². The molecule has 1 amide bonds. The molecule has 0 spiro atoms. The molecule has 2 heterocycles. The van der Waals surface area contributed by atoms with E-state index in [-0.39, 0.29) is 28.4 Å². The van der Waals surface area contributed by atoms with Crippen LogP contribution in [-0.2, 0) is 0 Å². The first-order valence-electron chi connectivity index (χ1n) is 9.75. The number of nitro groups is 1. The summed E-state index contributed by atoms with van der Waals surface area (Å²) in [7, 11) is 0. The summed E-state index contributed by atoms with van der Waals surface area (Å²) in [6.45, 7) is 0. The average molecular weight is 471 g/mol. The van der Waals surface area contributed by atoms with Gasteiger partial charge in [-0.05, 0) is 48.8 Å². The van der Waals surface area contributed by atoms with Gasteiger partial charge in [-0.1, -0.05) is 23.7 Å². The number of hydrogen-bond donors (Lipinski definition) is 2. The summed E-state index contributed by atoms with van der Waals surface area (Å²) in [4.78, 5) is 31.2. The van der Waals surface area contributed by atoms with Crippen LogP contribution in [0.2, 0.25) is 5.02 Å². The number of amides is 1. The second kappa shape index (κ2) is 9.46. The van der Waals surface area contributed by atoms with Crippen molar-refractivity contribution in [2.75, 3.05) is 12.0 Å². The number of H-pyrrole nitrogens is 1. The van der Waals surface area contributed by atoms with Gasteiger partial charge in [-0.2, -0.15) is 11.8 Å². The Balaban J connectivity index is 1.55. The van der Waals surface area contributed by atoms with Crippen LogP contribution < -0.4 is 5.32 Å². The molecule has 0 aliphatic rings. The van der Waals surface area contributed by atoms with Crippen LogP contribution in [0.3, 0.4) is 0 Å². The highest BCUT2D eigenvalue weighted by atomic mass is 35.5. The van der Waals surface area contributed by atoms with Crippen molar-refractivity contribution in [2.24, 2.45) is 0 Å². The fourth-order valence-corrected chi connectivity index (χ4v) is 4.04. The Morgan fingerprint density at radius 2 is 2.09 bits per heavy atom. The fourth-order valence-electron chi connectivity index (χ4n) is 3.30. The molecule has 0 saturated heterocycles. The number of carbonyl (C=O) groups excluding carboxylic acids is 1. The van der Waals surface area contributed by atoms with Gasteiger partial charge in [0.05, 0.1) is 27.0 Å². The Morgan fingerprint density at radius 3 is 2.81 bits per heavy atom. The average Bonchev–Trinajstić information content (AvgIpc) is 3.43. The number of carbonyl (C=O) groups is 1. The van der Waals surface area contributed by atoms with Crippen LogP contribution in [0.15, 0.2) is 59.0 Å². The number of non-ortho nitro benzene ring substituents is 1. The van der Waals surface area contributed by atoms with Crippen molar-refractivity contribution in [3.8, 4) is 11.3 Å². The molecule has 10 heteroatoms. The van der Waals surface area contributed by atoms with Crippen LogP contribution in [0, 0.1) is 10.1 Å². The van der Waals surface area contributed by atoms with Crippen LogP contribution in [0.1, 0.15) is 28.8 Å². The minimum absolute atomic E-state index is 0.111. The number of nitro benzene ring substituents is 1. The largest absolute Gasteiger partial charge is 0.451 e. The number of furan rings is 1. The number of nitrogens with one attached hydrogen (secondary N) is 2. The quantitative estimate of drug-likeness (QED) is 0.255. The van der Waals surface area contributed by atoms with E-state index in [1.54, 1.807) is 23.9 Å². The highest BCUT2D eigenvalue weighted by Gasteiger charge is 2.22. The Morgan fingerprint density at radius 1 is 1.28 bits per heavy atom. The van der Waals surface area contributed by atoms with Gasteiger partial charge in [0, 0.05) is 17.7 Å². The molecule has 1 atom stereocenters. The number of hydrogen-bond acceptors (Lipinski definition) is 6. The zero-order chi connectivity index (χ0) is 22.7. The predicted molar refractivity (Wildman–Crippen MR) is 125 cm³/mol. The molecule has 0 saturated carbocycles. The molecule has 0 bridgehead atoms. The highest BCUT2D eigenvalue weighted by molar-refractivity contribution is 7.98. The third kappa shape index (κ3) is 4.63. The lowest BCUT2D eigenvalue weighted by Gasteiger charge is -2.15. The van der Waals surface area contributed by atoms with Crippen molar-refractivity contribution < 1.29 is 14.1 Å².